The Morgan fingerprint density at radius 1 is 1.62 bits per heavy atom. The van der Waals surface area contributed by atoms with Gasteiger partial charge in [0.2, 0.25) is 5.91 Å². The fourth-order valence-electron chi connectivity index (χ4n) is 1.20. The van der Waals surface area contributed by atoms with Crippen LogP contribution in [0, 0.1) is 0 Å². The summed E-state index contributed by atoms with van der Waals surface area (Å²) in [6.07, 6.45) is 0. The predicted molar refractivity (Wildman–Crippen MR) is 56.0 cm³/mol. The standard InChI is InChI=1S/C8H10N6O2/c1-4-3-6(16)10-8-12-11-7(9-5(2)15)14(8)13-4/h3,13,16H,1H2,2H3,(H,10,12)(H,9,11,15). The highest BCUT2D eigenvalue weighted by atomic mass is 16.3. The molecule has 84 valence electrons. The Kier molecular flexibility index (Phi) is 2.24. The average Bonchev–Trinajstić information content (AvgIpc) is 2.44. The molecule has 0 aromatic carbocycles. The second-order valence-corrected chi connectivity index (χ2v) is 3.16. The predicted octanol–water partition coefficient (Wildman–Crippen LogP) is -0.697. The lowest BCUT2D eigenvalue weighted by molar-refractivity contribution is -0.114. The van der Waals surface area contributed by atoms with Crippen molar-refractivity contribution >= 4 is 24.2 Å². The largest absolute Gasteiger partial charge is 0.494 e. The van der Waals surface area contributed by atoms with Gasteiger partial charge < -0.3 is 5.11 Å². The van der Waals surface area contributed by atoms with E-state index in [1.807, 2.05) is 0 Å². The molecule has 0 saturated heterocycles. The van der Waals surface area contributed by atoms with E-state index in [1.165, 1.54) is 17.5 Å². The molecule has 0 radical (unpaired) electrons. The van der Waals surface area contributed by atoms with E-state index in [2.05, 4.69) is 32.2 Å². The Hall–Kier alpha value is -2.51. The minimum absolute atomic E-state index is 0.113. The highest BCUT2D eigenvalue weighted by Crippen LogP contribution is 2.04. The number of nitrogens with one attached hydrogen (secondary N) is 3. The summed E-state index contributed by atoms with van der Waals surface area (Å²) >= 11 is 0. The minimum atomic E-state index is -0.274. The van der Waals surface area contributed by atoms with E-state index in [1.54, 1.807) is 0 Å². The van der Waals surface area contributed by atoms with Crippen LogP contribution in [0.2, 0.25) is 0 Å². The summed E-state index contributed by atoms with van der Waals surface area (Å²) in [5, 5.41) is 22.5. The number of carbonyl (C=O) groups excluding carboxylic acids is 1. The van der Waals surface area contributed by atoms with E-state index in [0.29, 0.717) is 5.35 Å². The van der Waals surface area contributed by atoms with Gasteiger partial charge in [-0.05, 0) is 0 Å². The molecule has 0 spiro atoms. The van der Waals surface area contributed by atoms with Gasteiger partial charge in [0.15, 0.2) is 5.88 Å². The third-order valence-electron chi connectivity index (χ3n) is 1.76. The number of aromatic hydroxyl groups is 1. The average molecular weight is 222 g/mol. The number of carbonyl (C=O) groups is 1. The third kappa shape index (κ3) is 1.80. The van der Waals surface area contributed by atoms with Crippen LogP contribution >= 0.6 is 0 Å². The number of hydrogen-bond acceptors (Lipinski definition) is 4. The van der Waals surface area contributed by atoms with Crippen LogP contribution < -0.4 is 10.7 Å². The van der Waals surface area contributed by atoms with Crippen LogP contribution in [0.1, 0.15) is 6.92 Å². The number of fused-ring (bicyclic) bond motifs is 1. The van der Waals surface area contributed by atoms with E-state index in [-0.39, 0.29) is 23.5 Å². The van der Waals surface area contributed by atoms with Crippen LogP contribution in [0.5, 0.6) is 5.88 Å². The van der Waals surface area contributed by atoms with Crippen molar-refractivity contribution < 1.29 is 9.90 Å². The summed E-state index contributed by atoms with van der Waals surface area (Å²) in [7, 11) is 0. The first-order chi connectivity index (χ1) is 7.56. The number of amides is 1. The molecular weight excluding hydrogens is 212 g/mol. The summed E-state index contributed by atoms with van der Waals surface area (Å²) in [6, 6.07) is 1.38. The molecule has 2 heterocycles. The molecule has 0 atom stereocenters. The zero-order valence-corrected chi connectivity index (χ0v) is 8.48. The van der Waals surface area contributed by atoms with Gasteiger partial charge in [0.05, 0.1) is 5.35 Å². The number of rotatable bonds is 1. The Morgan fingerprint density at radius 2 is 2.38 bits per heavy atom. The maximum Gasteiger partial charge on any atom is 0.252 e. The molecule has 0 saturated carbocycles. The molecule has 0 fully saturated rings. The number of H-pyrrole nitrogens is 2. The maximum absolute atomic E-state index is 10.9. The number of aromatic nitrogens is 5. The van der Waals surface area contributed by atoms with E-state index in [4.69, 9.17) is 0 Å². The summed E-state index contributed by atoms with van der Waals surface area (Å²) in [5.74, 6) is 0.0671. The molecule has 1 amide bonds. The number of nitrogens with zero attached hydrogens (tertiary/aromatic N) is 3. The minimum Gasteiger partial charge on any atom is -0.494 e. The molecule has 2 rings (SSSR count). The van der Waals surface area contributed by atoms with Crippen LogP contribution in [0.15, 0.2) is 6.07 Å². The zero-order chi connectivity index (χ0) is 11.7. The highest BCUT2D eigenvalue weighted by Gasteiger charge is 2.06. The van der Waals surface area contributed by atoms with Crippen LogP contribution in [-0.2, 0) is 4.79 Å². The van der Waals surface area contributed by atoms with Crippen LogP contribution in [0.3, 0.4) is 0 Å². The van der Waals surface area contributed by atoms with Gasteiger partial charge in [-0.25, -0.2) is 0 Å². The molecule has 0 aliphatic carbocycles. The second-order valence-electron chi connectivity index (χ2n) is 3.16. The summed E-state index contributed by atoms with van der Waals surface area (Å²) in [6.45, 7) is 5.00. The first-order valence-electron chi connectivity index (χ1n) is 4.43. The Balaban J connectivity index is 2.72. The lowest BCUT2D eigenvalue weighted by Gasteiger charge is -1.96. The van der Waals surface area contributed by atoms with Crippen molar-refractivity contribution in [1.29, 1.82) is 0 Å². The van der Waals surface area contributed by atoms with Crippen molar-refractivity contribution in [1.82, 2.24) is 24.8 Å². The lowest BCUT2D eigenvalue weighted by atomic mass is 10.6. The van der Waals surface area contributed by atoms with Crippen molar-refractivity contribution in [3.05, 3.63) is 11.4 Å². The normalized spacial score (nSPS) is 10.3. The van der Waals surface area contributed by atoms with E-state index in [9.17, 15) is 9.90 Å². The molecule has 2 aromatic rings. The summed E-state index contributed by atoms with van der Waals surface area (Å²) < 4.78 is 1.36. The Morgan fingerprint density at radius 3 is 3.06 bits per heavy atom. The van der Waals surface area contributed by atoms with Crippen molar-refractivity contribution in [3.8, 4) is 5.88 Å². The van der Waals surface area contributed by atoms with Crippen molar-refractivity contribution in [2.75, 3.05) is 5.32 Å². The lowest BCUT2D eigenvalue weighted by Crippen LogP contribution is -2.12. The third-order valence-corrected chi connectivity index (χ3v) is 1.76. The van der Waals surface area contributed by atoms with Crippen LogP contribution in [0.25, 0.3) is 12.4 Å². The highest BCUT2D eigenvalue weighted by molar-refractivity contribution is 5.86. The van der Waals surface area contributed by atoms with Gasteiger partial charge in [-0.2, -0.15) is 4.52 Å². The zero-order valence-electron chi connectivity index (χ0n) is 8.48. The van der Waals surface area contributed by atoms with Crippen molar-refractivity contribution in [2.45, 2.75) is 6.92 Å². The second kappa shape index (κ2) is 3.57. The fraction of sp³-hybridized carbons (Fsp3) is 0.125. The molecule has 0 aliphatic rings. The topological polar surface area (TPSA) is 111 Å². The molecule has 8 heteroatoms. The number of aromatic amines is 2. The molecule has 2 aromatic heterocycles. The Bertz CT molecular complexity index is 619. The van der Waals surface area contributed by atoms with Crippen LogP contribution in [0.4, 0.5) is 5.95 Å². The quantitative estimate of drug-likeness (QED) is 0.511. The number of hydrogen-bond donors (Lipinski definition) is 4. The van der Waals surface area contributed by atoms with Crippen molar-refractivity contribution in [2.24, 2.45) is 0 Å². The smallest absolute Gasteiger partial charge is 0.252 e. The van der Waals surface area contributed by atoms with Gasteiger partial charge in [-0.15, -0.1) is 10.2 Å². The summed E-state index contributed by atoms with van der Waals surface area (Å²) in [5.41, 5.74) is 0. The first kappa shape index (κ1) is 10.0. The SMILES string of the molecule is C=c1cc(O)[nH]c2nnc(NC(C)=O)n2[nH]1. The van der Waals surface area contributed by atoms with Gasteiger partial charge in [0.1, 0.15) is 0 Å². The van der Waals surface area contributed by atoms with Crippen molar-refractivity contribution in [3.63, 3.8) is 0 Å². The van der Waals surface area contributed by atoms with Gasteiger partial charge in [-0.3, -0.25) is 20.2 Å². The maximum atomic E-state index is 10.9. The van der Waals surface area contributed by atoms with Crippen LogP contribution in [-0.4, -0.2) is 35.8 Å². The molecule has 4 N–H and O–H groups in total. The first-order valence-corrected chi connectivity index (χ1v) is 4.43. The Labute approximate surface area is 89.3 Å². The molecule has 0 unspecified atom stereocenters. The molecule has 0 aliphatic heterocycles. The monoisotopic (exact) mass is 222 g/mol. The van der Waals surface area contributed by atoms with Gasteiger partial charge in [-0.1, -0.05) is 6.58 Å². The fourth-order valence-corrected chi connectivity index (χ4v) is 1.20. The van der Waals surface area contributed by atoms with E-state index >= 15 is 0 Å². The molecule has 16 heavy (non-hydrogen) atoms. The van der Waals surface area contributed by atoms with Gasteiger partial charge in [0, 0.05) is 13.0 Å². The molecular formula is C8H10N6O2. The van der Waals surface area contributed by atoms with Gasteiger partial charge >= 0.3 is 0 Å². The number of anilines is 1. The molecule has 0 bridgehead atoms. The summed E-state index contributed by atoms with van der Waals surface area (Å²) in [4.78, 5) is 13.5. The van der Waals surface area contributed by atoms with Gasteiger partial charge in [0.25, 0.3) is 11.7 Å². The van der Waals surface area contributed by atoms with E-state index < -0.39 is 0 Å². The van der Waals surface area contributed by atoms with E-state index in [0.717, 1.165) is 0 Å². The molecule has 8 nitrogen and oxygen atoms in total.